The second-order valence-electron chi connectivity index (χ2n) is 18.5. The average Bonchev–Trinajstić information content (AvgIpc) is 3.39. The Hall–Kier alpha value is -7.70. The minimum Gasteiger partial charge on any atom is -0.457 e. The Morgan fingerprint density at radius 2 is 0.857 bits per heavy atom. The Morgan fingerprint density at radius 1 is 0.457 bits per heavy atom. The van der Waals surface area contributed by atoms with Crippen molar-refractivity contribution in [3.8, 4) is 11.1 Å². The van der Waals surface area contributed by atoms with E-state index in [2.05, 4.69) is 218 Å². The first-order chi connectivity index (χ1) is 34.4. The smallest absolute Gasteiger partial charge is 0.306 e. The van der Waals surface area contributed by atoms with Crippen LogP contribution in [-0.2, 0) is 19.1 Å². The van der Waals surface area contributed by atoms with Crippen molar-refractivity contribution in [1.29, 1.82) is 0 Å². The quantitative estimate of drug-likeness (QED) is 0.0670. The standard InChI is InChI=1S/C64H60N2O4/c1-3-5-7-29-63(67)69-61-27-15-21-49-43-53(39-41-57(49)61)65(59-25-13-19-47-17-9-11-23-55(47)59)51-35-31-45(32-36-51)46-33-37-52(38-34-46)66(60-26-14-20-48-18-10-12-24-56(48)60)54-40-42-58-50(44-54)22-16-28-62(58)70-64(68)30-8-6-4-2/h9-26,31-44,61-62H,3-8,27-30H2,1-2H3. The van der Waals surface area contributed by atoms with Crippen molar-refractivity contribution >= 4 is 79.8 Å². The molecule has 0 N–H and O–H groups in total. The van der Waals surface area contributed by atoms with Crippen LogP contribution in [0.4, 0.5) is 34.1 Å². The fraction of sp³-hybridized carbons (Fsp3) is 0.219. The number of hydrogen-bond donors (Lipinski definition) is 0. The molecule has 8 aromatic rings. The third-order valence-corrected chi connectivity index (χ3v) is 13.8. The molecule has 6 heteroatoms. The molecule has 0 heterocycles. The third kappa shape index (κ3) is 9.91. The van der Waals surface area contributed by atoms with Gasteiger partial charge in [0.15, 0.2) is 0 Å². The Kier molecular flexibility index (Phi) is 14.0. The summed E-state index contributed by atoms with van der Waals surface area (Å²) in [5.41, 5.74) is 12.7. The molecule has 0 saturated carbocycles. The number of esters is 2. The predicted molar refractivity (Wildman–Crippen MR) is 290 cm³/mol. The van der Waals surface area contributed by atoms with Crippen molar-refractivity contribution in [2.75, 3.05) is 9.80 Å². The van der Waals surface area contributed by atoms with Crippen LogP contribution in [0, 0.1) is 0 Å². The average molecular weight is 921 g/mol. The van der Waals surface area contributed by atoms with Crippen LogP contribution in [0.25, 0.3) is 44.8 Å². The molecular weight excluding hydrogens is 861 g/mol. The lowest BCUT2D eigenvalue weighted by Gasteiger charge is -2.29. The molecule has 0 bridgehead atoms. The number of nitrogens with zero attached hydrogens (tertiary/aromatic N) is 2. The summed E-state index contributed by atoms with van der Waals surface area (Å²) >= 11 is 0. The predicted octanol–water partition coefficient (Wildman–Crippen LogP) is 17.8. The van der Waals surface area contributed by atoms with Gasteiger partial charge in [0.1, 0.15) is 12.2 Å². The zero-order valence-electron chi connectivity index (χ0n) is 40.2. The Bertz CT molecular complexity index is 2980. The van der Waals surface area contributed by atoms with E-state index in [9.17, 15) is 9.59 Å². The van der Waals surface area contributed by atoms with Crippen molar-refractivity contribution in [1.82, 2.24) is 0 Å². The van der Waals surface area contributed by atoms with Crippen LogP contribution in [0.5, 0.6) is 0 Å². The molecule has 2 atom stereocenters. The Labute approximate surface area is 412 Å². The molecule has 0 amide bonds. The zero-order chi connectivity index (χ0) is 47.8. The molecule has 6 nitrogen and oxygen atoms in total. The number of ether oxygens (including phenoxy) is 2. The number of carbonyl (C=O) groups is 2. The summed E-state index contributed by atoms with van der Waals surface area (Å²) in [7, 11) is 0. The summed E-state index contributed by atoms with van der Waals surface area (Å²) in [6, 6.07) is 60.7. The summed E-state index contributed by atoms with van der Waals surface area (Å²) in [5.74, 6) is -0.254. The lowest BCUT2D eigenvalue weighted by Crippen LogP contribution is -2.15. The van der Waals surface area contributed by atoms with Gasteiger partial charge in [-0.05, 0) is 107 Å². The molecule has 70 heavy (non-hydrogen) atoms. The molecule has 0 fully saturated rings. The topological polar surface area (TPSA) is 59.1 Å². The number of carbonyl (C=O) groups excluding carboxylic acids is 2. The second-order valence-corrected chi connectivity index (χ2v) is 18.5. The maximum Gasteiger partial charge on any atom is 0.306 e. The van der Waals surface area contributed by atoms with Gasteiger partial charge in [-0.25, -0.2) is 0 Å². The van der Waals surface area contributed by atoms with Gasteiger partial charge in [-0.3, -0.25) is 9.59 Å². The molecule has 0 spiro atoms. The number of fused-ring (bicyclic) bond motifs is 4. The van der Waals surface area contributed by atoms with Crippen molar-refractivity contribution in [2.45, 2.75) is 90.3 Å². The molecule has 10 rings (SSSR count). The van der Waals surface area contributed by atoms with E-state index < -0.39 is 0 Å². The van der Waals surface area contributed by atoms with E-state index in [1.165, 1.54) is 10.8 Å². The van der Waals surface area contributed by atoms with Crippen LogP contribution in [0.2, 0.25) is 0 Å². The van der Waals surface area contributed by atoms with Gasteiger partial charge in [-0.15, -0.1) is 0 Å². The van der Waals surface area contributed by atoms with Gasteiger partial charge < -0.3 is 19.3 Å². The van der Waals surface area contributed by atoms with Crippen molar-refractivity contribution in [3.05, 3.63) is 204 Å². The van der Waals surface area contributed by atoms with Crippen LogP contribution < -0.4 is 9.80 Å². The van der Waals surface area contributed by atoms with E-state index in [0.29, 0.717) is 25.7 Å². The van der Waals surface area contributed by atoms with Crippen LogP contribution >= 0.6 is 0 Å². The van der Waals surface area contributed by atoms with Gasteiger partial charge in [0, 0.05) is 70.3 Å². The van der Waals surface area contributed by atoms with E-state index >= 15 is 0 Å². The second kappa shape index (κ2) is 21.3. The highest BCUT2D eigenvalue weighted by Gasteiger charge is 2.26. The zero-order valence-corrected chi connectivity index (χ0v) is 40.2. The van der Waals surface area contributed by atoms with E-state index in [1.807, 2.05) is 0 Å². The summed E-state index contributed by atoms with van der Waals surface area (Å²) < 4.78 is 12.1. The van der Waals surface area contributed by atoms with Gasteiger partial charge in [0.05, 0.1) is 11.4 Å². The van der Waals surface area contributed by atoms with Crippen molar-refractivity contribution in [2.24, 2.45) is 0 Å². The molecule has 0 saturated heterocycles. The van der Waals surface area contributed by atoms with Crippen LogP contribution in [-0.4, -0.2) is 11.9 Å². The minimum absolute atomic E-state index is 0.127. The van der Waals surface area contributed by atoms with Gasteiger partial charge in [0.2, 0.25) is 0 Å². The van der Waals surface area contributed by atoms with Gasteiger partial charge in [0.25, 0.3) is 0 Å². The van der Waals surface area contributed by atoms with Crippen LogP contribution in [0.1, 0.15) is 113 Å². The van der Waals surface area contributed by atoms with E-state index in [0.717, 1.165) is 117 Å². The molecule has 2 aliphatic rings. The highest BCUT2D eigenvalue weighted by atomic mass is 16.5. The Balaban J connectivity index is 0.967. The monoisotopic (exact) mass is 920 g/mol. The SMILES string of the molecule is CCCCCC(=O)OC1CC=Cc2cc(N(c3ccc(-c4ccc(N(c5ccc6c(c5)C=CCC6OC(=O)CCCCC)c5cccc6ccccc56)cc4)cc3)c3cccc4ccccc34)ccc21. The molecule has 0 aliphatic heterocycles. The number of benzene rings is 8. The molecule has 0 aromatic heterocycles. The minimum atomic E-state index is -0.292. The van der Waals surface area contributed by atoms with Gasteiger partial charge >= 0.3 is 11.9 Å². The van der Waals surface area contributed by atoms with E-state index in [-0.39, 0.29) is 24.1 Å². The number of unbranched alkanes of at least 4 members (excludes halogenated alkanes) is 4. The molecule has 0 radical (unpaired) electrons. The van der Waals surface area contributed by atoms with Crippen molar-refractivity contribution < 1.29 is 19.1 Å². The summed E-state index contributed by atoms with van der Waals surface area (Å²) in [6.07, 6.45) is 16.1. The largest absolute Gasteiger partial charge is 0.457 e. The number of anilines is 6. The lowest BCUT2D eigenvalue weighted by molar-refractivity contribution is -0.150. The Morgan fingerprint density at radius 3 is 1.29 bits per heavy atom. The summed E-state index contributed by atoms with van der Waals surface area (Å²) in [6.45, 7) is 4.29. The first kappa shape index (κ1) is 46.1. The molecule has 2 unspecified atom stereocenters. The molecule has 350 valence electrons. The molecule has 8 aromatic carbocycles. The maximum atomic E-state index is 12.8. The summed E-state index contributed by atoms with van der Waals surface area (Å²) in [5, 5.41) is 4.65. The van der Waals surface area contributed by atoms with E-state index in [1.54, 1.807) is 0 Å². The maximum absolute atomic E-state index is 12.8. The van der Waals surface area contributed by atoms with Gasteiger partial charge in [-0.1, -0.05) is 173 Å². The fourth-order valence-corrected chi connectivity index (χ4v) is 10.1. The normalized spacial score (nSPS) is 14.8. The molecular formula is C64H60N2O4. The van der Waals surface area contributed by atoms with E-state index in [4.69, 9.17) is 9.47 Å². The van der Waals surface area contributed by atoms with Crippen LogP contribution in [0.15, 0.2) is 182 Å². The highest BCUT2D eigenvalue weighted by molar-refractivity contribution is 6.00. The first-order valence-electron chi connectivity index (χ1n) is 25.2. The number of rotatable bonds is 17. The highest BCUT2D eigenvalue weighted by Crippen LogP contribution is 2.45. The van der Waals surface area contributed by atoms with Crippen LogP contribution in [0.3, 0.4) is 0 Å². The third-order valence-electron chi connectivity index (χ3n) is 13.8. The number of hydrogen-bond acceptors (Lipinski definition) is 6. The van der Waals surface area contributed by atoms with Crippen molar-refractivity contribution in [3.63, 3.8) is 0 Å². The molecule has 2 aliphatic carbocycles. The fourth-order valence-electron chi connectivity index (χ4n) is 10.1. The first-order valence-corrected chi connectivity index (χ1v) is 25.2. The van der Waals surface area contributed by atoms with Gasteiger partial charge in [-0.2, -0.15) is 0 Å². The lowest BCUT2D eigenvalue weighted by atomic mass is 9.93. The summed E-state index contributed by atoms with van der Waals surface area (Å²) in [4.78, 5) is 30.3.